The number of hydrogen-bond acceptors (Lipinski definition) is 4. The van der Waals surface area contributed by atoms with Crippen LogP contribution in [0.2, 0.25) is 0 Å². The van der Waals surface area contributed by atoms with E-state index in [1.54, 1.807) is 10.4 Å². The summed E-state index contributed by atoms with van der Waals surface area (Å²) in [7, 11) is -3.16. The minimum Gasteiger partial charge on any atom is -0.474 e. The van der Waals surface area contributed by atoms with Gasteiger partial charge in [-0.3, -0.25) is 0 Å². The molecule has 0 bridgehead atoms. The van der Waals surface area contributed by atoms with Crippen molar-refractivity contribution in [1.29, 1.82) is 0 Å². The van der Waals surface area contributed by atoms with E-state index in [9.17, 15) is 8.42 Å². The molecular formula is C15H22N2O3S. The molecule has 0 aromatic carbocycles. The summed E-state index contributed by atoms with van der Waals surface area (Å²) in [5, 5.41) is 0. The number of ether oxygens (including phenoxy) is 1. The zero-order valence-electron chi connectivity index (χ0n) is 12.4. The first-order valence-corrected chi connectivity index (χ1v) is 8.81. The maximum atomic E-state index is 12.1. The summed E-state index contributed by atoms with van der Waals surface area (Å²) in [6, 6.07) is 5.66. The standard InChI is InChI=1S/C15H22N2O3S/c1-3-4-12-21(18,19)17-10-8-14(9-11-17)20-15-7-5-6-13(2)16-15/h3,5-7,14H,1,4,8-12H2,2H3. The second kappa shape index (κ2) is 7.04. The number of sulfonamides is 1. The lowest BCUT2D eigenvalue weighted by molar-refractivity contribution is 0.130. The Balaban J connectivity index is 1.87. The molecule has 116 valence electrons. The van der Waals surface area contributed by atoms with Gasteiger partial charge in [-0.2, -0.15) is 0 Å². The monoisotopic (exact) mass is 310 g/mol. The Hall–Kier alpha value is -1.40. The van der Waals surface area contributed by atoms with Gasteiger partial charge in [0.2, 0.25) is 15.9 Å². The molecule has 1 saturated heterocycles. The zero-order chi connectivity index (χ0) is 15.3. The molecule has 1 aromatic heterocycles. The molecule has 2 rings (SSSR count). The second-order valence-electron chi connectivity index (χ2n) is 5.23. The smallest absolute Gasteiger partial charge is 0.214 e. The summed E-state index contributed by atoms with van der Waals surface area (Å²) in [6.45, 7) is 6.50. The third kappa shape index (κ3) is 4.54. The molecule has 1 fully saturated rings. The minimum absolute atomic E-state index is 0.0326. The van der Waals surface area contributed by atoms with Gasteiger partial charge in [0.15, 0.2) is 0 Å². The number of hydrogen-bond donors (Lipinski definition) is 0. The van der Waals surface area contributed by atoms with Crippen molar-refractivity contribution < 1.29 is 13.2 Å². The van der Waals surface area contributed by atoms with Crippen molar-refractivity contribution in [2.75, 3.05) is 18.8 Å². The lowest BCUT2D eigenvalue weighted by atomic mass is 10.1. The summed E-state index contributed by atoms with van der Waals surface area (Å²) in [6.07, 6.45) is 3.56. The van der Waals surface area contributed by atoms with Crippen LogP contribution in [0.5, 0.6) is 5.88 Å². The van der Waals surface area contributed by atoms with Crippen LogP contribution in [0.4, 0.5) is 0 Å². The van der Waals surface area contributed by atoms with Crippen LogP contribution >= 0.6 is 0 Å². The SMILES string of the molecule is C=CCCS(=O)(=O)N1CCC(Oc2cccc(C)n2)CC1. The van der Waals surface area contributed by atoms with E-state index >= 15 is 0 Å². The van der Waals surface area contributed by atoms with E-state index in [1.165, 1.54) is 0 Å². The number of nitrogens with zero attached hydrogens (tertiary/aromatic N) is 2. The Morgan fingerprint density at radius 1 is 1.43 bits per heavy atom. The van der Waals surface area contributed by atoms with Gasteiger partial charge in [0.1, 0.15) is 6.10 Å². The fourth-order valence-electron chi connectivity index (χ4n) is 2.34. The molecule has 6 heteroatoms. The number of allylic oxidation sites excluding steroid dienone is 1. The van der Waals surface area contributed by atoms with Gasteiger partial charge in [-0.05, 0) is 32.3 Å². The van der Waals surface area contributed by atoms with E-state index in [0.717, 1.165) is 5.69 Å². The van der Waals surface area contributed by atoms with Gasteiger partial charge >= 0.3 is 0 Å². The molecule has 0 N–H and O–H groups in total. The van der Waals surface area contributed by atoms with Gasteiger partial charge in [-0.15, -0.1) is 6.58 Å². The zero-order valence-corrected chi connectivity index (χ0v) is 13.2. The Kier molecular flexibility index (Phi) is 5.36. The van der Waals surface area contributed by atoms with Crippen LogP contribution in [0.25, 0.3) is 0 Å². The maximum absolute atomic E-state index is 12.1. The third-order valence-electron chi connectivity index (χ3n) is 3.52. The van der Waals surface area contributed by atoms with Gasteiger partial charge in [-0.1, -0.05) is 12.1 Å². The average molecular weight is 310 g/mol. The summed E-state index contributed by atoms with van der Waals surface area (Å²) < 4.78 is 31.5. The normalized spacial score (nSPS) is 17.6. The van der Waals surface area contributed by atoms with Crippen LogP contribution in [0, 0.1) is 6.92 Å². The molecule has 5 nitrogen and oxygen atoms in total. The van der Waals surface area contributed by atoms with Crippen molar-refractivity contribution in [3.8, 4) is 5.88 Å². The predicted octanol–water partition coefficient (Wildman–Crippen LogP) is 2.14. The molecular weight excluding hydrogens is 288 g/mol. The highest BCUT2D eigenvalue weighted by molar-refractivity contribution is 7.89. The van der Waals surface area contributed by atoms with E-state index in [1.807, 2.05) is 25.1 Å². The van der Waals surface area contributed by atoms with E-state index in [4.69, 9.17) is 4.74 Å². The molecule has 0 spiro atoms. The number of rotatable bonds is 6. The fraction of sp³-hybridized carbons (Fsp3) is 0.533. The van der Waals surface area contributed by atoms with Crippen LogP contribution in [0.3, 0.4) is 0 Å². The van der Waals surface area contributed by atoms with Crippen molar-refractivity contribution in [3.05, 3.63) is 36.5 Å². The Labute approximate surface area is 126 Å². The van der Waals surface area contributed by atoms with E-state index < -0.39 is 10.0 Å². The number of piperidine rings is 1. The molecule has 21 heavy (non-hydrogen) atoms. The van der Waals surface area contributed by atoms with Crippen molar-refractivity contribution in [1.82, 2.24) is 9.29 Å². The molecule has 1 aromatic rings. The van der Waals surface area contributed by atoms with Gasteiger partial charge in [0.05, 0.1) is 5.75 Å². The Morgan fingerprint density at radius 3 is 2.76 bits per heavy atom. The second-order valence-corrected chi connectivity index (χ2v) is 7.32. The molecule has 0 unspecified atom stereocenters. The summed E-state index contributed by atoms with van der Waals surface area (Å²) >= 11 is 0. The van der Waals surface area contributed by atoms with Crippen molar-refractivity contribution >= 4 is 10.0 Å². The highest BCUT2D eigenvalue weighted by Crippen LogP contribution is 2.19. The molecule has 0 amide bonds. The van der Waals surface area contributed by atoms with Crippen LogP contribution < -0.4 is 4.74 Å². The molecule has 0 saturated carbocycles. The number of aromatic nitrogens is 1. The van der Waals surface area contributed by atoms with Crippen LogP contribution in [-0.2, 0) is 10.0 Å². The maximum Gasteiger partial charge on any atom is 0.214 e. The predicted molar refractivity (Wildman–Crippen MR) is 82.8 cm³/mol. The molecule has 0 radical (unpaired) electrons. The summed E-state index contributed by atoms with van der Waals surface area (Å²) in [5.41, 5.74) is 0.914. The molecule has 0 aliphatic carbocycles. The quantitative estimate of drug-likeness (QED) is 0.755. The minimum atomic E-state index is -3.16. The van der Waals surface area contributed by atoms with Gasteiger partial charge < -0.3 is 4.74 Å². The lowest BCUT2D eigenvalue weighted by Crippen LogP contribution is -2.42. The van der Waals surface area contributed by atoms with Gasteiger partial charge in [0, 0.05) is 24.8 Å². The first-order chi connectivity index (χ1) is 10.0. The number of aryl methyl sites for hydroxylation is 1. The summed E-state index contributed by atoms with van der Waals surface area (Å²) in [4.78, 5) is 4.31. The highest BCUT2D eigenvalue weighted by atomic mass is 32.2. The van der Waals surface area contributed by atoms with Crippen molar-refractivity contribution in [2.24, 2.45) is 0 Å². The van der Waals surface area contributed by atoms with E-state index in [-0.39, 0.29) is 11.9 Å². The van der Waals surface area contributed by atoms with Crippen molar-refractivity contribution in [3.63, 3.8) is 0 Å². The summed E-state index contributed by atoms with van der Waals surface area (Å²) in [5.74, 6) is 0.754. The molecule has 2 heterocycles. The first kappa shape index (κ1) is 16.0. The van der Waals surface area contributed by atoms with Crippen LogP contribution in [0.1, 0.15) is 25.0 Å². The fourth-order valence-corrected chi connectivity index (χ4v) is 3.83. The molecule has 0 atom stereocenters. The molecule has 1 aliphatic heterocycles. The van der Waals surface area contributed by atoms with Gasteiger partial charge in [-0.25, -0.2) is 17.7 Å². The van der Waals surface area contributed by atoms with Gasteiger partial charge in [0.25, 0.3) is 0 Å². The molecule has 1 aliphatic rings. The third-order valence-corrected chi connectivity index (χ3v) is 5.43. The van der Waals surface area contributed by atoms with Crippen LogP contribution in [-0.4, -0.2) is 42.7 Å². The largest absolute Gasteiger partial charge is 0.474 e. The lowest BCUT2D eigenvalue weighted by Gasteiger charge is -2.31. The highest BCUT2D eigenvalue weighted by Gasteiger charge is 2.28. The average Bonchev–Trinajstić information content (AvgIpc) is 2.46. The Morgan fingerprint density at radius 2 is 2.14 bits per heavy atom. The first-order valence-electron chi connectivity index (χ1n) is 7.20. The number of pyridine rings is 1. The van der Waals surface area contributed by atoms with E-state index in [0.29, 0.717) is 38.2 Å². The Bertz CT molecular complexity index is 578. The van der Waals surface area contributed by atoms with Crippen LogP contribution in [0.15, 0.2) is 30.9 Å². The topological polar surface area (TPSA) is 59.5 Å². The van der Waals surface area contributed by atoms with Crippen molar-refractivity contribution in [2.45, 2.75) is 32.3 Å². The van der Waals surface area contributed by atoms with E-state index in [2.05, 4.69) is 11.6 Å².